The predicted octanol–water partition coefficient (Wildman–Crippen LogP) is 0.365. The van der Waals surface area contributed by atoms with Crippen molar-refractivity contribution in [1.29, 1.82) is 0 Å². The van der Waals surface area contributed by atoms with Crippen LogP contribution in [0.25, 0.3) is 0 Å². The third kappa shape index (κ3) is 3.82. The highest BCUT2D eigenvalue weighted by atomic mass is 32.1. The summed E-state index contributed by atoms with van der Waals surface area (Å²) in [6, 6.07) is 0. The van der Waals surface area contributed by atoms with Crippen molar-refractivity contribution >= 4 is 34.1 Å². The van der Waals surface area contributed by atoms with Gasteiger partial charge in [0.25, 0.3) is 5.91 Å². The minimum absolute atomic E-state index is 0.0232. The van der Waals surface area contributed by atoms with Crippen molar-refractivity contribution in [2.24, 2.45) is 0 Å². The number of hydrogen-bond acceptors (Lipinski definition) is 6. The number of carbonyl (C=O) groups is 2. The average Bonchev–Trinajstić information content (AvgIpc) is 2.78. The first kappa shape index (κ1) is 15.2. The van der Waals surface area contributed by atoms with Gasteiger partial charge in [-0.25, -0.2) is 4.98 Å². The first-order valence-electron chi connectivity index (χ1n) is 5.97. The number of nitrogens with two attached hydrogens (primary N) is 1. The Kier molecular flexibility index (Phi) is 5.56. The van der Waals surface area contributed by atoms with Crippen LogP contribution in [0.5, 0.6) is 0 Å². The number of nitrogens with one attached hydrogen (secondary N) is 2. The van der Waals surface area contributed by atoms with E-state index < -0.39 is 0 Å². The quantitative estimate of drug-likeness (QED) is 0.701. The number of hydrogen-bond donors (Lipinski definition) is 3. The molecule has 0 aromatic carbocycles. The Morgan fingerprint density at radius 1 is 1.42 bits per heavy atom. The number of anilines is 2. The van der Waals surface area contributed by atoms with Crippen LogP contribution >= 0.6 is 11.3 Å². The highest BCUT2D eigenvalue weighted by molar-refractivity contribution is 7.18. The summed E-state index contributed by atoms with van der Waals surface area (Å²) in [7, 11) is 3.25. The smallest absolute Gasteiger partial charge is 0.268 e. The molecule has 0 spiro atoms. The standard InChI is InChI=1S/C11H19N5O2S/c1-4-5-16(6-7(17)13-2)10(18)8-9(12)15-11(14-3)19-8/h4-6,12H2,1-3H3,(H,13,17)(H,14,15). The summed E-state index contributed by atoms with van der Waals surface area (Å²) in [5.74, 6) is -0.280. The molecule has 1 heterocycles. The Labute approximate surface area is 116 Å². The number of nitrogens with zero attached hydrogens (tertiary/aromatic N) is 2. The zero-order chi connectivity index (χ0) is 14.4. The van der Waals surface area contributed by atoms with E-state index in [1.165, 1.54) is 23.3 Å². The maximum atomic E-state index is 12.3. The van der Waals surface area contributed by atoms with Crippen LogP contribution < -0.4 is 16.4 Å². The van der Waals surface area contributed by atoms with Crippen molar-refractivity contribution in [1.82, 2.24) is 15.2 Å². The van der Waals surface area contributed by atoms with Crippen molar-refractivity contribution in [2.75, 3.05) is 38.2 Å². The molecule has 8 heteroatoms. The van der Waals surface area contributed by atoms with Gasteiger partial charge in [0.1, 0.15) is 10.7 Å². The van der Waals surface area contributed by atoms with Crippen LogP contribution in [0.3, 0.4) is 0 Å². The Balaban J connectivity index is 2.91. The van der Waals surface area contributed by atoms with Gasteiger partial charge in [-0.3, -0.25) is 9.59 Å². The molecule has 0 unspecified atom stereocenters. The van der Waals surface area contributed by atoms with Gasteiger partial charge in [-0.15, -0.1) is 0 Å². The van der Waals surface area contributed by atoms with Crippen molar-refractivity contribution in [3.8, 4) is 0 Å². The van der Waals surface area contributed by atoms with Crippen LogP contribution in [0.4, 0.5) is 10.9 Å². The highest BCUT2D eigenvalue weighted by Gasteiger charge is 2.23. The van der Waals surface area contributed by atoms with Crippen molar-refractivity contribution < 1.29 is 9.59 Å². The van der Waals surface area contributed by atoms with Crippen LogP contribution in [0.1, 0.15) is 23.0 Å². The predicted molar refractivity (Wildman–Crippen MR) is 76.3 cm³/mol. The lowest BCUT2D eigenvalue weighted by molar-refractivity contribution is -0.121. The fraction of sp³-hybridized carbons (Fsp3) is 0.545. The monoisotopic (exact) mass is 285 g/mol. The van der Waals surface area contributed by atoms with Crippen LogP contribution in [0.15, 0.2) is 0 Å². The van der Waals surface area contributed by atoms with Crippen LogP contribution in [0.2, 0.25) is 0 Å². The van der Waals surface area contributed by atoms with E-state index in [4.69, 9.17) is 5.73 Å². The first-order chi connectivity index (χ1) is 9.03. The summed E-state index contributed by atoms with van der Waals surface area (Å²) in [4.78, 5) is 29.6. The minimum Gasteiger partial charge on any atom is -0.382 e. The maximum absolute atomic E-state index is 12.3. The number of carbonyl (C=O) groups excluding carboxylic acids is 2. The van der Waals surface area contributed by atoms with Crippen LogP contribution in [0, 0.1) is 0 Å². The number of rotatable bonds is 6. The lowest BCUT2D eigenvalue weighted by Crippen LogP contribution is -2.40. The Morgan fingerprint density at radius 2 is 2.11 bits per heavy atom. The van der Waals surface area contributed by atoms with E-state index in [0.29, 0.717) is 16.6 Å². The van der Waals surface area contributed by atoms with E-state index >= 15 is 0 Å². The molecule has 1 aromatic heterocycles. The zero-order valence-electron chi connectivity index (χ0n) is 11.3. The second-order valence-corrected chi connectivity index (χ2v) is 4.88. The first-order valence-corrected chi connectivity index (χ1v) is 6.79. The van der Waals surface area contributed by atoms with Gasteiger partial charge in [0.05, 0.1) is 6.54 Å². The molecule has 4 N–H and O–H groups in total. The molecule has 0 radical (unpaired) electrons. The highest BCUT2D eigenvalue weighted by Crippen LogP contribution is 2.25. The van der Waals surface area contributed by atoms with Crippen molar-refractivity contribution in [3.05, 3.63) is 4.88 Å². The number of aromatic nitrogens is 1. The summed E-state index contributed by atoms with van der Waals surface area (Å²) in [6.45, 7) is 2.47. The number of amides is 2. The van der Waals surface area contributed by atoms with Crippen molar-refractivity contribution in [2.45, 2.75) is 13.3 Å². The molecule has 0 saturated carbocycles. The molecule has 19 heavy (non-hydrogen) atoms. The largest absolute Gasteiger partial charge is 0.382 e. The summed E-state index contributed by atoms with van der Waals surface area (Å²) in [6.07, 6.45) is 0.764. The lowest BCUT2D eigenvalue weighted by Gasteiger charge is -2.20. The molecule has 0 aliphatic carbocycles. The number of likely N-dealkylation sites (N-methyl/N-ethyl adjacent to an activating group) is 1. The molecule has 7 nitrogen and oxygen atoms in total. The molecule has 1 rings (SSSR count). The van der Waals surface area contributed by atoms with Crippen LogP contribution in [-0.4, -0.2) is 48.9 Å². The van der Waals surface area contributed by atoms with Gasteiger partial charge in [0.2, 0.25) is 5.91 Å². The molecule has 0 atom stereocenters. The molecule has 2 amide bonds. The summed E-state index contributed by atoms with van der Waals surface area (Å²) in [5.41, 5.74) is 5.73. The van der Waals surface area contributed by atoms with Crippen molar-refractivity contribution in [3.63, 3.8) is 0 Å². The molecule has 1 aromatic rings. The van der Waals surface area contributed by atoms with Gasteiger partial charge in [-0.1, -0.05) is 18.3 Å². The van der Waals surface area contributed by atoms with Gasteiger partial charge in [-0.05, 0) is 6.42 Å². The fourth-order valence-electron chi connectivity index (χ4n) is 1.51. The summed E-state index contributed by atoms with van der Waals surface area (Å²) < 4.78 is 0. The van der Waals surface area contributed by atoms with Gasteiger partial charge in [0, 0.05) is 20.6 Å². The number of thiazole rings is 1. The molecule has 0 aliphatic rings. The SMILES string of the molecule is CCCN(CC(=O)NC)C(=O)c1sc(NC)nc1N. The van der Waals surface area contributed by atoms with Gasteiger partial charge >= 0.3 is 0 Å². The summed E-state index contributed by atoms with van der Waals surface area (Å²) >= 11 is 1.19. The van der Waals surface area contributed by atoms with E-state index in [-0.39, 0.29) is 24.2 Å². The molecular formula is C11H19N5O2S. The van der Waals surface area contributed by atoms with Crippen LogP contribution in [-0.2, 0) is 4.79 Å². The van der Waals surface area contributed by atoms with Gasteiger partial charge < -0.3 is 21.3 Å². The second-order valence-electron chi connectivity index (χ2n) is 3.88. The molecule has 106 valence electrons. The summed E-state index contributed by atoms with van der Waals surface area (Å²) in [5, 5.41) is 5.93. The molecule has 0 fully saturated rings. The van der Waals surface area contributed by atoms with E-state index in [1.54, 1.807) is 7.05 Å². The third-order valence-corrected chi connectivity index (χ3v) is 3.53. The van der Waals surface area contributed by atoms with E-state index in [2.05, 4.69) is 15.6 Å². The molecule has 0 aliphatic heterocycles. The second kappa shape index (κ2) is 6.93. The lowest BCUT2D eigenvalue weighted by atomic mass is 10.3. The number of nitrogen functional groups attached to an aromatic ring is 1. The fourth-order valence-corrected chi connectivity index (χ4v) is 2.32. The van der Waals surface area contributed by atoms with Gasteiger partial charge in [-0.2, -0.15) is 0 Å². The topological polar surface area (TPSA) is 100 Å². The molecule has 0 bridgehead atoms. The molecular weight excluding hydrogens is 266 g/mol. The third-order valence-electron chi connectivity index (χ3n) is 2.46. The normalized spacial score (nSPS) is 10.1. The van der Waals surface area contributed by atoms with E-state index in [0.717, 1.165) is 6.42 Å². The Morgan fingerprint density at radius 3 is 2.58 bits per heavy atom. The van der Waals surface area contributed by atoms with Gasteiger partial charge in [0.15, 0.2) is 5.13 Å². The minimum atomic E-state index is -0.262. The zero-order valence-corrected chi connectivity index (χ0v) is 12.1. The Hall–Kier alpha value is -1.83. The maximum Gasteiger partial charge on any atom is 0.268 e. The molecule has 0 saturated heterocycles. The van der Waals surface area contributed by atoms with E-state index in [9.17, 15) is 9.59 Å². The average molecular weight is 285 g/mol. The Bertz CT molecular complexity index is 460. The van der Waals surface area contributed by atoms with E-state index in [1.807, 2.05) is 6.92 Å².